The Balaban J connectivity index is 1.32. The number of halogens is 1. The predicted octanol–water partition coefficient (Wildman–Crippen LogP) is 3.55. The van der Waals surface area contributed by atoms with Crippen LogP contribution in [0.2, 0.25) is 5.02 Å². The third-order valence-corrected chi connectivity index (χ3v) is 6.30. The molecule has 0 saturated carbocycles. The summed E-state index contributed by atoms with van der Waals surface area (Å²) in [6.45, 7) is 0.153. The van der Waals surface area contributed by atoms with Crippen LogP contribution in [0.25, 0.3) is 16.0 Å². The second-order valence-corrected chi connectivity index (χ2v) is 8.52. The van der Waals surface area contributed by atoms with Gasteiger partial charge in [-0.25, -0.2) is 0 Å². The maximum atomic E-state index is 12.4. The van der Waals surface area contributed by atoms with Gasteiger partial charge in [-0.1, -0.05) is 23.4 Å². The number of aryl methyl sites for hydroxylation is 1. The van der Waals surface area contributed by atoms with Crippen molar-refractivity contribution >= 4 is 50.7 Å². The summed E-state index contributed by atoms with van der Waals surface area (Å²) >= 11 is 8.60. The molecule has 12 heteroatoms. The number of benzene rings is 1. The van der Waals surface area contributed by atoms with Gasteiger partial charge < -0.3 is 9.15 Å². The van der Waals surface area contributed by atoms with Crippen LogP contribution in [0.1, 0.15) is 11.7 Å². The lowest BCUT2D eigenvalue weighted by Crippen LogP contribution is -2.19. The fourth-order valence-electron chi connectivity index (χ4n) is 2.90. The summed E-state index contributed by atoms with van der Waals surface area (Å²) in [4.78, 5) is 12.4. The molecule has 0 aliphatic heterocycles. The van der Waals surface area contributed by atoms with Gasteiger partial charge in [-0.05, 0) is 35.7 Å². The average Bonchev–Trinajstić information content (AvgIpc) is 3.49. The van der Waals surface area contributed by atoms with Crippen LogP contribution in [0.15, 0.2) is 50.1 Å². The lowest BCUT2D eigenvalue weighted by molar-refractivity contribution is 0.252. The van der Waals surface area contributed by atoms with E-state index in [1.807, 2.05) is 15.8 Å². The SMILES string of the molecule is Cn1c(=O)c2sccc2n2c(CSc3nnc(COc4ccc(Cl)cc4)o3)nnc12. The van der Waals surface area contributed by atoms with Crippen LogP contribution in [0.4, 0.5) is 0 Å². The highest BCUT2D eigenvalue weighted by Crippen LogP contribution is 2.25. The van der Waals surface area contributed by atoms with Crippen molar-refractivity contribution < 1.29 is 9.15 Å². The third kappa shape index (κ3) is 3.44. The zero-order valence-corrected chi connectivity index (χ0v) is 17.9. The summed E-state index contributed by atoms with van der Waals surface area (Å²) in [6.07, 6.45) is 0. The Hall–Kier alpha value is -2.89. The van der Waals surface area contributed by atoms with E-state index in [0.717, 1.165) is 5.52 Å². The molecule has 0 aliphatic rings. The Bertz CT molecular complexity index is 1410. The predicted molar refractivity (Wildman–Crippen MR) is 113 cm³/mol. The van der Waals surface area contributed by atoms with Gasteiger partial charge in [-0.2, -0.15) is 0 Å². The van der Waals surface area contributed by atoms with E-state index >= 15 is 0 Å². The first-order valence-electron chi connectivity index (χ1n) is 8.74. The number of rotatable bonds is 6. The molecule has 9 nitrogen and oxygen atoms in total. The van der Waals surface area contributed by atoms with Gasteiger partial charge in [0.25, 0.3) is 16.7 Å². The Morgan fingerprint density at radius 1 is 1.17 bits per heavy atom. The highest BCUT2D eigenvalue weighted by Gasteiger charge is 2.17. The molecule has 5 aromatic rings. The first kappa shape index (κ1) is 19.1. The fraction of sp³-hybridized carbons (Fsp3) is 0.167. The first-order valence-corrected chi connectivity index (χ1v) is 11.0. The minimum absolute atomic E-state index is 0.0821. The van der Waals surface area contributed by atoms with Gasteiger partial charge in [0.1, 0.15) is 16.3 Å². The second kappa shape index (κ2) is 7.74. The van der Waals surface area contributed by atoms with Crippen molar-refractivity contribution in [2.45, 2.75) is 17.6 Å². The van der Waals surface area contributed by atoms with Gasteiger partial charge in [-0.15, -0.1) is 31.7 Å². The van der Waals surface area contributed by atoms with E-state index in [1.165, 1.54) is 27.7 Å². The van der Waals surface area contributed by atoms with E-state index in [4.69, 9.17) is 20.8 Å². The molecule has 0 fully saturated rings. The highest BCUT2D eigenvalue weighted by atomic mass is 35.5. The van der Waals surface area contributed by atoms with Gasteiger partial charge in [-0.3, -0.25) is 13.8 Å². The topological polar surface area (TPSA) is 100 Å². The molecule has 30 heavy (non-hydrogen) atoms. The van der Waals surface area contributed by atoms with Crippen molar-refractivity contribution in [1.29, 1.82) is 0 Å². The molecule has 0 spiro atoms. The van der Waals surface area contributed by atoms with Gasteiger partial charge in [0, 0.05) is 12.1 Å². The zero-order chi connectivity index (χ0) is 20.7. The minimum Gasteiger partial charge on any atom is -0.484 e. The molecule has 4 heterocycles. The molecule has 0 radical (unpaired) electrons. The number of hydrogen-bond acceptors (Lipinski definition) is 9. The van der Waals surface area contributed by atoms with Crippen molar-refractivity contribution in [3.63, 3.8) is 0 Å². The van der Waals surface area contributed by atoms with E-state index in [-0.39, 0.29) is 12.2 Å². The minimum atomic E-state index is -0.0821. The molecule has 0 amide bonds. The number of hydrogen-bond donors (Lipinski definition) is 0. The summed E-state index contributed by atoms with van der Waals surface area (Å²) in [5.41, 5.74) is 0.711. The fourth-order valence-corrected chi connectivity index (χ4v) is 4.57. The van der Waals surface area contributed by atoms with Crippen LogP contribution in [0, 0.1) is 0 Å². The number of thiophene rings is 1. The Labute approximate surface area is 182 Å². The monoisotopic (exact) mass is 460 g/mol. The van der Waals surface area contributed by atoms with Crippen molar-refractivity contribution in [3.8, 4) is 5.75 Å². The summed E-state index contributed by atoms with van der Waals surface area (Å²) in [7, 11) is 1.69. The molecule has 5 rings (SSSR count). The Morgan fingerprint density at radius 2 is 2.00 bits per heavy atom. The molecule has 0 N–H and O–H groups in total. The zero-order valence-electron chi connectivity index (χ0n) is 15.5. The molecule has 4 aromatic heterocycles. The molecule has 0 unspecified atom stereocenters. The Morgan fingerprint density at radius 3 is 2.83 bits per heavy atom. The lowest BCUT2D eigenvalue weighted by Gasteiger charge is -2.04. The number of fused-ring (bicyclic) bond motifs is 3. The molecular weight excluding hydrogens is 448 g/mol. The quantitative estimate of drug-likeness (QED) is 0.354. The van der Waals surface area contributed by atoms with Crippen LogP contribution < -0.4 is 10.3 Å². The third-order valence-electron chi connectivity index (χ3n) is 4.35. The van der Waals surface area contributed by atoms with Crippen LogP contribution in [0.5, 0.6) is 5.75 Å². The number of aromatic nitrogens is 6. The van der Waals surface area contributed by atoms with E-state index in [2.05, 4.69) is 20.4 Å². The highest BCUT2D eigenvalue weighted by molar-refractivity contribution is 7.98. The normalized spacial score (nSPS) is 11.5. The van der Waals surface area contributed by atoms with Crippen molar-refractivity contribution in [1.82, 2.24) is 29.4 Å². The van der Waals surface area contributed by atoms with Crippen LogP contribution in [-0.2, 0) is 19.4 Å². The van der Waals surface area contributed by atoms with E-state index in [9.17, 15) is 4.79 Å². The lowest BCUT2D eigenvalue weighted by atomic mass is 10.3. The largest absolute Gasteiger partial charge is 0.484 e. The number of thioether (sulfide) groups is 1. The first-order chi connectivity index (χ1) is 14.6. The molecule has 0 atom stereocenters. The summed E-state index contributed by atoms with van der Waals surface area (Å²) in [5, 5.41) is 19.4. The van der Waals surface area contributed by atoms with Crippen LogP contribution in [0.3, 0.4) is 0 Å². The van der Waals surface area contributed by atoms with Gasteiger partial charge in [0.05, 0.1) is 11.3 Å². The molecule has 0 saturated heterocycles. The van der Waals surface area contributed by atoms with Crippen molar-refractivity contribution in [2.24, 2.45) is 7.05 Å². The van der Waals surface area contributed by atoms with Gasteiger partial charge in [0.15, 0.2) is 6.61 Å². The van der Waals surface area contributed by atoms with Crippen LogP contribution in [-0.4, -0.2) is 29.4 Å². The maximum Gasteiger partial charge on any atom is 0.277 e. The van der Waals surface area contributed by atoms with E-state index in [1.54, 1.807) is 31.3 Å². The Kier molecular flexibility index (Phi) is 4.93. The van der Waals surface area contributed by atoms with E-state index < -0.39 is 0 Å². The standard InChI is InChI=1S/C18H13ClN6O3S2/c1-24-16(26)15-12(6-7-29-15)25-13(20-22-17(24)25)9-30-18-23-21-14(28-18)8-27-11-4-2-10(19)3-5-11/h2-7H,8-9H2,1H3. The summed E-state index contributed by atoms with van der Waals surface area (Å²) in [6, 6.07) is 8.92. The average molecular weight is 461 g/mol. The van der Waals surface area contributed by atoms with Crippen molar-refractivity contribution in [3.05, 3.63) is 62.8 Å². The summed E-state index contributed by atoms with van der Waals surface area (Å²) in [5.74, 6) is 2.65. The van der Waals surface area contributed by atoms with Crippen molar-refractivity contribution in [2.75, 3.05) is 0 Å². The molecule has 0 aliphatic carbocycles. The van der Waals surface area contributed by atoms with E-state index in [0.29, 0.717) is 43.9 Å². The molecule has 0 bridgehead atoms. The number of ether oxygens (including phenoxy) is 1. The number of nitrogens with zero attached hydrogens (tertiary/aromatic N) is 6. The molecule has 1 aromatic carbocycles. The smallest absolute Gasteiger partial charge is 0.277 e. The van der Waals surface area contributed by atoms with Gasteiger partial charge >= 0.3 is 0 Å². The molecular formula is C18H13ClN6O3S2. The molecule has 152 valence electrons. The van der Waals surface area contributed by atoms with Crippen LogP contribution >= 0.6 is 34.7 Å². The summed E-state index contributed by atoms with van der Waals surface area (Å²) < 4.78 is 15.3. The van der Waals surface area contributed by atoms with Gasteiger partial charge in [0.2, 0.25) is 5.78 Å². The maximum absolute atomic E-state index is 12.4. The second-order valence-electron chi connectivity index (χ2n) is 6.24.